The van der Waals surface area contributed by atoms with E-state index in [1.165, 1.54) is 0 Å². The van der Waals surface area contributed by atoms with Crippen molar-refractivity contribution >= 4 is 16.8 Å². The van der Waals surface area contributed by atoms with Gasteiger partial charge in [-0.25, -0.2) is 0 Å². The summed E-state index contributed by atoms with van der Waals surface area (Å²) in [5.41, 5.74) is 1.62. The lowest BCUT2D eigenvalue weighted by atomic mass is 10.1. The van der Waals surface area contributed by atoms with E-state index in [1.54, 1.807) is 6.07 Å². The molecule has 2 aromatic rings. The minimum Gasteiger partial charge on any atom is -0.394 e. The molecule has 3 N–H and O–H groups in total. The number of benzene rings is 1. The van der Waals surface area contributed by atoms with Crippen molar-refractivity contribution in [1.29, 1.82) is 0 Å². The summed E-state index contributed by atoms with van der Waals surface area (Å²) in [6.07, 6.45) is 2.56. The van der Waals surface area contributed by atoms with Gasteiger partial charge in [0.25, 0.3) is 5.91 Å². The number of aromatic nitrogens is 1. The van der Waals surface area contributed by atoms with Crippen LogP contribution in [-0.2, 0) is 0 Å². The molecule has 1 atom stereocenters. The standard InChI is InChI=1S/C13H16N2O2/c1-2-11(8-16)15-13(17)10-3-4-12-9(7-10)5-6-14-12/h3-7,11,14,16H,2,8H2,1H3,(H,15,17)/t11-/m1/s1. The third-order valence-electron chi connectivity index (χ3n) is 2.86. The number of fused-ring (bicyclic) bond motifs is 1. The van der Waals surface area contributed by atoms with Crippen molar-refractivity contribution in [1.82, 2.24) is 10.3 Å². The third kappa shape index (κ3) is 2.47. The Labute approximate surface area is 99.7 Å². The number of H-pyrrole nitrogens is 1. The number of aliphatic hydroxyl groups excluding tert-OH is 1. The Morgan fingerprint density at radius 1 is 1.47 bits per heavy atom. The van der Waals surface area contributed by atoms with Crippen LogP contribution in [0.1, 0.15) is 23.7 Å². The van der Waals surface area contributed by atoms with E-state index < -0.39 is 0 Å². The van der Waals surface area contributed by atoms with Crippen LogP contribution in [0.5, 0.6) is 0 Å². The number of carbonyl (C=O) groups is 1. The molecule has 1 aromatic heterocycles. The summed E-state index contributed by atoms with van der Waals surface area (Å²) < 4.78 is 0. The average Bonchev–Trinajstić information content (AvgIpc) is 2.82. The zero-order chi connectivity index (χ0) is 12.3. The third-order valence-corrected chi connectivity index (χ3v) is 2.86. The van der Waals surface area contributed by atoms with Crippen molar-refractivity contribution in [2.24, 2.45) is 0 Å². The maximum absolute atomic E-state index is 11.9. The van der Waals surface area contributed by atoms with E-state index in [1.807, 2.05) is 31.3 Å². The molecule has 0 saturated carbocycles. The summed E-state index contributed by atoms with van der Waals surface area (Å²) in [6.45, 7) is 1.89. The maximum Gasteiger partial charge on any atom is 0.251 e. The Morgan fingerprint density at radius 3 is 3.00 bits per heavy atom. The van der Waals surface area contributed by atoms with Crippen molar-refractivity contribution in [3.63, 3.8) is 0 Å². The lowest BCUT2D eigenvalue weighted by molar-refractivity contribution is 0.0915. The van der Waals surface area contributed by atoms with Crippen LogP contribution in [0.3, 0.4) is 0 Å². The van der Waals surface area contributed by atoms with E-state index in [9.17, 15) is 4.79 Å². The van der Waals surface area contributed by atoms with Gasteiger partial charge in [0.1, 0.15) is 0 Å². The molecule has 1 heterocycles. The summed E-state index contributed by atoms with van der Waals surface area (Å²) in [6, 6.07) is 7.24. The van der Waals surface area contributed by atoms with Crippen LogP contribution in [0.2, 0.25) is 0 Å². The quantitative estimate of drug-likeness (QED) is 0.750. The number of aliphatic hydroxyl groups is 1. The van der Waals surface area contributed by atoms with Gasteiger partial charge in [-0.3, -0.25) is 4.79 Å². The fraction of sp³-hybridized carbons (Fsp3) is 0.308. The first-order chi connectivity index (χ1) is 8.24. The van der Waals surface area contributed by atoms with E-state index in [2.05, 4.69) is 10.3 Å². The second kappa shape index (κ2) is 5.01. The molecule has 0 aliphatic heterocycles. The molecule has 0 unspecified atom stereocenters. The zero-order valence-electron chi connectivity index (χ0n) is 9.73. The predicted molar refractivity (Wildman–Crippen MR) is 66.9 cm³/mol. The maximum atomic E-state index is 11.9. The second-order valence-electron chi connectivity index (χ2n) is 4.04. The van der Waals surface area contributed by atoms with Crippen molar-refractivity contribution in [3.8, 4) is 0 Å². The first kappa shape index (κ1) is 11.7. The van der Waals surface area contributed by atoms with Crippen LogP contribution in [-0.4, -0.2) is 28.6 Å². The summed E-state index contributed by atoms with van der Waals surface area (Å²) in [4.78, 5) is 15.0. The van der Waals surface area contributed by atoms with E-state index >= 15 is 0 Å². The van der Waals surface area contributed by atoms with Gasteiger partial charge in [0.15, 0.2) is 0 Å². The normalized spacial score (nSPS) is 12.6. The molecule has 0 fully saturated rings. The molecule has 4 nitrogen and oxygen atoms in total. The van der Waals surface area contributed by atoms with Gasteiger partial charge >= 0.3 is 0 Å². The molecule has 4 heteroatoms. The topological polar surface area (TPSA) is 65.1 Å². The van der Waals surface area contributed by atoms with Crippen LogP contribution in [0.4, 0.5) is 0 Å². The second-order valence-corrected chi connectivity index (χ2v) is 4.04. The molecule has 90 valence electrons. The van der Waals surface area contributed by atoms with Crippen LogP contribution in [0, 0.1) is 0 Å². The van der Waals surface area contributed by atoms with Crippen LogP contribution < -0.4 is 5.32 Å². The summed E-state index contributed by atoms with van der Waals surface area (Å²) in [7, 11) is 0. The van der Waals surface area contributed by atoms with Gasteiger partial charge in [-0.1, -0.05) is 6.92 Å². The lowest BCUT2D eigenvalue weighted by Crippen LogP contribution is -2.36. The molecule has 0 aliphatic rings. The molecular formula is C13H16N2O2. The molecule has 0 saturated heterocycles. The van der Waals surface area contributed by atoms with Gasteiger partial charge in [-0.05, 0) is 30.7 Å². The van der Waals surface area contributed by atoms with Gasteiger partial charge in [0.05, 0.1) is 12.6 Å². The van der Waals surface area contributed by atoms with Crippen LogP contribution in [0.25, 0.3) is 10.9 Å². The van der Waals surface area contributed by atoms with Crippen molar-refractivity contribution < 1.29 is 9.90 Å². The molecule has 0 spiro atoms. The molecule has 0 radical (unpaired) electrons. The van der Waals surface area contributed by atoms with Gasteiger partial charge in [-0.2, -0.15) is 0 Å². The van der Waals surface area contributed by atoms with E-state index in [0.29, 0.717) is 12.0 Å². The van der Waals surface area contributed by atoms with Crippen LogP contribution in [0.15, 0.2) is 30.5 Å². The molecule has 2 rings (SSSR count). The highest BCUT2D eigenvalue weighted by Crippen LogP contribution is 2.14. The highest BCUT2D eigenvalue weighted by Gasteiger charge is 2.11. The Balaban J connectivity index is 2.18. The smallest absolute Gasteiger partial charge is 0.251 e. The van der Waals surface area contributed by atoms with Gasteiger partial charge in [-0.15, -0.1) is 0 Å². The molecule has 1 aromatic carbocycles. The summed E-state index contributed by atoms with van der Waals surface area (Å²) in [5, 5.41) is 12.8. The van der Waals surface area contributed by atoms with Gasteiger partial charge in [0.2, 0.25) is 0 Å². The fourth-order valence-electron chi connectivity index (χ4n) is 1.74. The molecular weight excluding hydrogens is 216 g/mol. The van der Waals surface area contributed by atoms with Crippen molar-refractivity contribution in [3.05, 3.63) is 36.0 Å². The molecule has 1 amide bonds. The Morgan fingerprint density at radius 2 is 2.29 bits per heavy atom. The van der Waals surface area contributed by atoms with Gasteiger partial charge in [0, 0.05) is 22.7 Å². The number of hydrogen-bond acceptors (Lipinski definition) is 2. The van der Waals surface area contributed by atoms with E-state index in [0.717, 1.165) is 10.9 Å². The first-order valence-corrected chi connectivity index (χ1v) is 5.73. The highest BCUT2D eigenvalue weighted by molar-refractivity contribution is 5.98. The number of nitrogens with one attached hydrogen (secondary N) is 2. The molecule has 0 aliphatic carbocycles. The van der Waals surface area contributed by atoms with E-state index in [4.69, 9.17) is 5.11 Å². The number of amides is 1. The summed E-state index contributed by atoms with van der Waals surface area (Å²) >= 11 is 0. The fourth-order valence-corrected chi connectivity index (χ4v) is 1.74. The predicted octanol–water partition coefficient (Wildman–Crippen LogP) is 1.67. The minimum atomic E-state index is -0.176. The zero-order valence-corrected chi connectivity index (χ0v) is 9.73. The highest BCUT2D eigenvalue weighted by atomic mass is 16.3. The molecule has 17 heavy (non-hydrogen) atoms. The van der Waals surface area contributed by atoms with Crippen molar-refractivity contribution in [2.45, 2.75) is 19.4 Å². The SMILES string of the molecule is CC[C@H](CO)NC(=O)c1ccc2[nH]ccc2c1. The number of hydrogen-bond donors (Lipinski definition) is 3. The minimum absolute atomic E-state index is 0.0331. The number of carbonyl (C=O) groups excluding carboxylic acids is 1. The number of aromatic amines is 1. The Hall–Kier alpha value is -1.81. The molecule has 0 bridgehead atoms. The van der Waals surface area contributed by atoms with Gasteiger partial charge < -0.3 is 15.4 Å². The average molecular weight is 232 g/mol. The monoisotopic (exact) mass is 232 g/mol. The van der Waals surface area contributed by atoms with Crippen molar-refractivity contribution in [2.75, 3.05) is 6.61 Å². The van der Waals surface area contributed by atoms with E-state index in [-0.39, 0.29) is 18.6 Å². The first-order valence-electron chi connectivity index (χ1n) is 5.73. The number of rotatable bonds is 4. The van der Waals surface area contributed by atoms with Crippen LogP contribution >= 0.6 is 0 Å². The largest absolute Gasteiger partial charge is 0.394 e. The summed E-state index contributed by atoms with van der Waals surface area (Å²) in [5.74, 6) is -0.144. The Kier molecular flexibility index (Phi) is 3.44. The lowest BCUT2D eigenvalue weighted by Gasteiger charge is -2.13. The Bertz CT molecular complexity index is 515.